The summed E-state index contributed by atoms with van der Waals surface area (Å²) in [6.45, 7) is 0.419. The molecular formula is C18H23NO4. The van der Waals surface area contributed by atoms with Crippen molar-refractivity contribution in [2.75, 3.05) is 13.7 Å². The van der Waals surface area contributed by atoms with Crippen LogP contribution in [-0.2, 0) is 9.59 Å². The number of nitrogens with one attached hydrogen (secondary N) is 1. The van der Waals surface area contributed by atoms with E-state index in [0.29, 0.717) is 13.0 Å². The third-order valence-corrected chi connectivity index (χ3v) is 4.31. The Morgan fingerprint density at radius 2 is 1.96 bits per heavy atom. The SMILES string of the molecule is COc1ccc(/C=C/C(=O)NC[C@@H]2CCCC[C@@H]2C(=O)O)cc1. The highest BCUT2D eigenvalue weighted by molar-refractivity contribution is 5.91. The number of rotatable bonds is 6. The van der Waals surface area contributed by atoms with E-state index in [1.165, 1.54) is 6.08 Å². The van der Waals surface area contributed by atoms with Gasteiger partial charge in [-0.15, -0.1) is 0 Å². The molecule has 0 radical (unpaired) electrons. The second kappa shape index (κ2) is 8.36. The summed E-state index contributed by atoms with van der Waals surface area (Å²) in [7, 11) is 1.61. The van der Waals surface area contributed by atoms with E-state index in [1.807, 2.05) is 24.3 Å². The fraction of sp³-hybridized carbons (Fsp3) is 0.444. The molecule has 0 aliphatic heterocycles. The molecule has 0 spiro atoms. The number of carboxylic acids is 1. The zero-order valence-corrected chi connectivity index (χ0v) is 13.3. The third kappa shape index (κ3) is 5.13. The van der Waals surface area contributed by atoms with E-state index in [1.54, 1.807) is 13.2 Å². The van der Waals surface area contributed by atoms with Crippen LogP contribution in [0.1, 0.15) is 31.2 Å². The molecule has 0 unspecified atom stereocenters. The average Bonchev–Trinajstić information content (AvgIpc) is 2.58. The number of carbonyl (C=O) groups is 2. The smallest absolute Gasteiger partial charge is 0.306 e. The summed E-state index contributed by atoms with van der Waals surface area (Å²) in [5.74, 6) is -0.494. The van der Waals surface area contributed by atoms with Gasteiger partial charge in [-0.05, 0) is 42.5 Å². The van der Waals surface area contributed by atoms with Crippen LogP contribution in [0.5, 0.6) is 5.75 Å². The summed E-state index contributed by atoms with van der Waals surface area (Å²) in [6, 6.07) is 7.39. The maximum Gasteiger partial charge on any atom is 0.306 e. The predicted octanol–water partition coefficient (Wildman–Crippen LogP) is 2.72. The molecule has 1 aliphatic rings. The summed E-state index contributed by atoms with van der Waals surface area (Å²) in [5.41, 5.74) is 0.905. The first-order chi connectivity index (χ1) is 11.1. The first kappa shape index (κ1) is 17.1. The van der Waals surface area contributed by atoms with Gasteiger partial charge in [0.15, 0.2) is 0 Å². The standard InChI is InChI=1S/C18H23NO4/c1-23-15-9-6-13(7-10-15)8-11-17(20)19-12-14-4-2-3-5-16(14)18(21)22/h6-11,14,16H,2-5,12H2,1H3,(H,19,20)(H,21,22)/b11-8+/t14-,16-/m0/s1. The van der Waals surface area contributed by atoms with Gasteiger partial charge in [0.2, 0.25) is 5.91 Å². The lowest BCUT2D eigenvalue weighted by Crippen LogP contribution is -2.36. The van der Waals surface area contributed by atoms with Gasteiger partial charge >= 0.3 is 5.97 Å². The molecule has 2 atom stereocenters. The fourth-order valence-electron chi connectivity index (χ4n) is 2.95. The molecule has 1 aromatic carbocycles. The molecule has 0 heterocycles. The van der Waals surface area contributed by atoms with E-state index in [-0.39, 0.29) is 17.7 Å². The van der Waals surface area contributed by atoms with E-state index in [2.05, 4.69) is 5.32 Å². The third-order valence-electron chi connectivity index (χ3n) is 4.31. The van der Waals surface area contributed by atoms with Crippen molar-refractivity contribution in [1.82, 2.24) is 5.32 Å². The van der Waals surface area contributed by atoms with Crippen LogP contribution >= 0.6 is 0 Å². The van der Waals surface area contributed by atoms with Gasteiger partial charge in [-0.3, -0.25) is 9.59 Å². The Kier molecular flexibility index (Phi) is 6.20. The second-order valence-corrected chi connectivity index (χ2v) is 5.84. The number of carbonyl (C=O) groups excluding carboxylic acids is 1. The molecule has 5 nitrogen and oxygen atoms in total. The molecule has 0 bridgehead atoms. The van der Waals surface area contributed by atoms with Gasteiger partial charge < -0.3 is 15.2 Å². The van der Waals surface area contributed by atoms with Crippen LogP contribution in [-0.4, -0.2) is 30.6 Å². The van der Waals surface area contributed by atoms with Gasteiger partial charge in [0.05, 0.1) is 13.0 Å². The number of amides is 1. The molecule has 1 saturated carbocycles. The molecule has 0 saturated heterocycles. The van der Waals surface area contributed by atoms with Gasteiger partial charge in [0.1, 0.15) is 5.75 Å². The van der Waals surface area contributed by atoms with E-state index >= 15 is 0 Å². The van der Waals surface area contributed by atoms with E-state index < -0.39 is 5.97 Å². The fourth-order valence-corrected chi connectivity index (χ4v) is 2.95. The summed E-state index contributed by atoms with van der Waals surface area (Å²) >= 11 is 0. The lowest BCUT2D eigenvalue weighted by Gasteiger charge is -2.28. The van der Waals surface area contributed by atoms with Gasteiger partial charge in [0, 0.05) is 12.6 Å². The number of benzene rings is 1. The molecule has 5 heteroatoms. The number of hydrogen-bond donors (Lipinski definition) is 2. The first-order valence-corrected chi connectivity index (χ1v) is 7.93. The zero-order valence-electron chi connectivity index (χ0n) is 13.3. The number of carboxylic acid groups (broad SMARTS) is 1. The van der Waals surface area contributed by atoms with Gasteiger partial charge in [-0.2, -0.15) is 0 Å². The Morgan fingerprint density at radius 1 is 1.26 bits per heavy atom. The maximum absolute atomic E-state index is 11.9. The van der Waals surface area contributed by atoms with Crippen LogP contribution in [0.3, 0.4) is 0 Å². The lowest BCUT2D eigenvalue weighted by atomic mass is 9.79. The van der Waals surface area contributed by atoms with Gasteiger partial charge in [0.25, 0.3) is 0 Å². The van der Waals surface area contributed by atoms with Crippen molar-refractivity contribution in [3.63, 3.8) is 0 Å². The van der Waals surface area contributed by atoms with Gasteiger partial charge in [-0.25, -0.2) is 0 Å². The van der Waals surface area contributed by atoms with Crippen molar-refractivity contribution < 1.29 is 19.4 Å². The van der Waals surface area contributed by atoms with Crippen molar-refractivity contribution in [3.8, 4) is 5.75 Å². The Balaban J connectivity index is 1.83. The van der Waals surface area contributed by atoms with Crippen molar-refractivity contribution in [2.24, 2.45) is 11.8 Å². The second-order valence-electron chi connectivity index (χ2n) is 5.84. The van der Waals surface area contributed by atoms with Crippen molar-refractivity contribution >= 4 is 18.0 Å². The predicted molar refractivity (Wildman–Crippen MR) is 88.1 cm³/mol. The van der Waals surface area contributed by atoms with Crippen molar-refractivity contribution in [2.45, 2.75) is 25.7 Å². The lowest BCUT2D eigenvalue weighted by molar-refractivity contribution is -0.145. The van der Waals surface area contributed by atoms with Crippen LogP contribution in [0.4, 0.5) is 0 Å². The molecule has 2 rings (SSSR count). The van der Waals surface area contributed by atoms with Crippen LogP contribution < -0.4 is 10.1 Å². The topological polar surface area (TPSA) is 75.6 Å². The Hall–Kier alpha value is -2.30. The highest BCUT2D eigenvalue weighted by atomic mass is 16.5. The molecule has 1 fully saturated rings. The first-order valence-electron chi connectivity index (χ1n) is 7.93. The number of aliphatic carboxylic acids is 1. The molecule has 124 valence electrons. The average molecular weight is 317 g/mol. The molecule has 2 N–H and O–H groups in total. The Morgan fingerprint density at radius 3 is 2.61 bits per heavy atom. The number of ether oxygens (including phenoxy) is 1. The molecule has 1 amide bonds. The van der Waals surface area contributed by atoms with Crippen LogP contribution in [0.15, 0.2) is 30.3 Å². The van der Waals surface area contributed by atoms with E-state index in [9.17, 15) is 14.7 Å². The highest BCUT2D eigenvalue weighted by Crippen LogP contribution is 2.29. The highest BCUT2D eigenvalue weighted by Gasteiger charge is 2.30. The molecular weight excluding hydrogens is 294 g/mol. The molecule has 23 heavy (non-hydrogen) atoms. The molecule has 1 aromatic rings. The minimum Gasteiger partial charge on any atom is -0.497 e. The Labute approximate surface area is 136 Å². The quantitative estimate of drug-likeness (QED) is 0.791. The zero-order chi connectivity index (χ0) is 16.7. The minimum absolute atomic E-state index is 0.0274. The summed E-state index contributed by atoms with van der Waals surface area (Å²) in [5, 5.41) is 12.0. The monoisotopic (exact) mass is 317 g/mol. The van der Waals surface area contributed by atoms with E-state index in [4.69, 9.17) is 4.74 Å². The normalized spacial score (nSPS) is 21.1. The van der Waals surface area contributed by atoms with E-state index in [0.717, 1.165) is 30.6 Å². The number of methoxy groups -OCH3 is 1. The summed E-state index contributed by atoms with van der Waals surface area (Å²) < 4.78 is 5.08. The van der Waals surface area contributed by atoms with Crippen LogP contribution in [0.2, 0.25) is 0 Å². The molecule has 0 aromatic heterocycles. The van der Waals surface area contributed by atoms with Crippen LogP contribution in [0.25, 0.3) is 6.08 Å². The van der Waals surface area contributed by atoms with Crippen molar-refractivity contribution in [1.29, 1.82) is 0 Å². The number of hydrogen-bond acceptors (Lipinski definition) is 3. The van der Waals surface area contributed by atoms with Gasteiger partial charge in [-0.1, -0.05) is 25.0 Å². The Bertz CT molecular complexity index is 565. The molecule has 1 aliphatic carbocycles. The van der Waals surface area contributed by atoms with Crippen molar-refractivity contribution in [3.05, 3.63) is 35.9 Å². The largest absolute Gasteiger partial charge is 0.497 e. The maximum atomic E-state index is 11.9. The summed E-state index contributed by atoms with van der Waals surface area (Å²) in [4.78, 5) is 23.1. The van der Waals surface area contributed by atoms with Crippen LogP contribution in [0, 0.1) is 11.8 Å². The minimum atomic E-state index is -0.752. The summed E-state index contributed by atoms with van der Waals surface area (Å²) in [6.07, 6.45) is 6.76.